The second-order valence-electron chi connectivity index (χ2n) is 6.74. The van der Waals surface area contributed by atoms with Crippen LogP contribution >= 0.6 is 0 Å². The monoisotopic (exact) mass is 379 g/mol. The first-order valence-electron chi connectivity index (χ1n) is 9.12. The van der Waals surface area contributed by atoms with Gasteiger partial charge in [0, 0.05) is 18.7 Å². The highest BCUT2D eigenvalue weighted by molar-refractivity contribution is 5.95. The Labute approximate surface area is 159 Å². The number of ether oxygens (including phenoxy) is 3. The molecule has 1 aliphatic heterocycles. The van der Waals surface area contributed by atoms with Crippen LogP contribution in [0.2, 0.25) is 0 Å². The van der Waals surface area contributed by atoms with Crippen LogP contribution in [0.25, 0.3) is 0 Å². The molecule has 0 aliphatic carbocycles. The first kappa shape index (κ1) is 20.8. The van der Waals surface area contributed by atoms with Gasteiger partial charge >= 0.3 is 0 Å². The average Bonchev–Trinajstić information content (AvgIpc) is 2.66. The van der Waals surface area contributed by atoms with Crippen molar-refractivity contribution in [3.05, 3.63) is 17.7 Å². The molecule has 1 fully saturated rings. The number of likely N-dealkylation sites (tertiary alicyclic amines) is 1. The summed E-state index contributed by atoms with van der Waals surface area (Å²) in [6.45, 7) is 5.50. The highest BCUT2D eigenvalue weighted by Crippen LogP contribution is 2.38. The van der Waals surface area contributed by atoms with E-state index in [0.717, 1.165) is 25.6 Å². The molecule has 0 saturated carbocycles. The van der Waals surface area contributed by atoms with Gasteiger partial charge in [-0.3, -0.25) is 9.59 Å². The fourth-order valence-corrected chi connectivity index (χ4v) is 3.01. The number of primary amides is 1. The number of piperidine rings is 1. The largest absolute Gasteiger partial charge is 0.493 e. The Morgan fingerprint density at radius 3 is 2.30 bits per heavy atom. The number of hydrogen-bond acceptors (Lipinski definition) is 6. The zero-order valence-electron chi connectivity index (χ0n) is 16.2. The second kappa shape index (κ2) is 10.0. The van der Waals surface area contributed by atoms with Crippen molar-refractivity contribution in [3.63, 3.8) is 0 Å². The standard InChI is InChI=1S/C19H29N3O5/c1-13-4-7-22(8-5-13)9-6-21-19(24)14-10-15(25-2)18(16(11-14)26-3)27-12-17(20)23/h10-11,13H,4-9,12H2,1-3H3,(H2,20,23)(H,21,24). The molecule has 2 rings (SSSR count). The van der Waals surface area contributed by atoms with E-state index in [9.17, 15) is 9.59 Å². The number of methoxy groups -OCH3 is 2. The van der Waals surface area contributed by atoms with E-state index in [1.807, 2.05) is 0 Å². The van der Waals surface area contributed by atoms with Crippen LogP contribution in [-0.4, -0.2) is 63.7 Å². The van der Waals surface area contributed by atoms with E-state index in [1.54, 1.807) is 12.1 Å². The molecule has 1 saturated heterocycles. The predicted octanol–water partition coefficient (Wildman–Crippen LogP) is 1.03. The number of rotatable bonds is 9. The van der Waals surface area contributed by atoms with E-state index < -0.39 is 5.91 Å². The summed E-state index contributed by atoms with van der Waals surface area (Å²) in [5.41, 5.74) is 5.50. The summed E-state index contributed by atoms with van der Waals surface area (Å²) >= 11 is 0. The number of hydrogen-bond donors (Lipinski definition) is 2. The maximum absolute atomic E-state index is 12.5. The van der Waals surface area contributed by atoms with Crippen molar-refractivity contribution in [2.24, 2.45) is 11.7 Å². The van der Waals surface area contributed by atoms with Crippen LogP contribution in [0.4, 0.5) is 0 Å². The number of carbonyl (C=O) groups is 2. The normalized spacial score (nSPS) is 15.2. The minimum atomic E-state index is -0.618. The first-order valence-corrected chi connectivity index (χ1v) is 9.12. The number of amides is 2. The van der Waals surface area contributed by atoms with Crippen molar-refractivity contribution in [2.45, 2.75) is 19.8 Å². The summed E-state index contributed by atoms with van der Waals surface area (Å²) < 4.78 is 15.9. The number of nitrogens with two attached hydrogens (primary N) is 1. The number of nitrogens with one attached hydrogen (secondary N) is 1. The first-order chi connectivity index (χ1) is 12.9. The summed E-state index contributed by atoms with van der Waals surface area (Å²) in [5, 5.41) is 2.92. The van der Waals surface area contributed by atoms with Gasteiger partial charge in [0.2, 0.25) is 5.75 Å². The van der Waals surface area contributed by atoms with Crippen molar-refractivity contribution < 1.29 is 23.8 Å². The summed E-state index contributed by atoms with van der Waals surface area (Å²) in [7, 11) is 2.90. The Morgan fingerprint density at radius 2 is 1.78 bits per heavy atom. The molecule has 1 heterocycles. The van der Waals surface area contributed by atoms with Crippen LogP contribution in [0.3, 0.4) is 0 Å². The van der Waals surface area contributed by atoms with E-state index in [2.05, 4.69) is 17.1 Å². The zero-order chi connectivity index (χ0) is 19.8. The predicted molar refractivity (Wildman–Crippen MR) is 101 cm³/mol. The van der Waals surface area contributed by atoms with Crippen molar-refractivity contribution in [1.82, 2.24) is 10.2 Å². The lowest BCUT2D eigenvalue weighted by molar-refractivity contribution is -0.120. The molecule has 0 atom stereocenters. The Kier molecular flexibility index (Phi) is 7.72. The number of benzene rings is 1. The summed E-state index contributed by atoms with van der Waals surface area (Å²) in [5.74, 6) is 0.770. The molecular formula is C19H29N3O5. The fourth-order valence-electron chi connectivity index (χ4n) is 3.01. The highest BCUT2D eigenvalue weighted by atomic mass is 16.5. The summed E-state index contributed by atoms with van der Waals surface area (Å²) in [6, 6.07) is 3.10. The maximum Gasteiger partial charge on any atom is 0.255 e. The molecule has 150 valence electrons. The molecule has 0 spiro atoms. The van der Waals surface area contributed by atoms with E-state index in [4.69, 9.17) is 19.9 Å². The Hall–Kier alpha value is -2.48. The van der Waals surface area contributed by atoms with E-state index >= 15 is 0 Å². The van der Waals surface area contributed by atoms with Gasteiger partial charge in [0.25, 0.3) is 11.8 Å². The molecule has 0 bridgehead atoms. The Balaban J connectivity index is 1.99. The van der Waals surface area contributed by atoms with Crippen molar-refractivity contribution >= 4 is 11.8 Å². The van der Waals surface area contributed by atoms with Crippen molar-refractivity contribution in [2.75, 3.05) is 47.0 Å². The average molecular weight is 379 g/mol. The smallest absolute Gasteiger partial charge is 0.255 e. The van der Waals surface area contributed by atoms with Gasteiger partial charge in [-0.25, -0.2) is 0 Å². The quantitative estimate of drug-likeness (QED) is 0.664. The molecule has 27 heavy (non-hydrogen) atoms. The van der Waals surface area contributed by atoms with Gasteiger partial charge in [-0.15, -0.1) is 0 Å². The van der Waals surface area contributed by atoms with Crippen LogP contribution in [0, 0.1) is 5.92 Å². The van der Waals surface area contributed by atoms with Gasteiger partial charge in [0.1, 0.15) is 0 Å². The van der Waals surface area contributed by atoms with Crippen molar-refractivity contribution in [1.29, 1.82) is 0 Å². The highest BCUT2D eigenvalue weighted by Gasteiger charge is 2.19. The van der Waals surface area contributed by atoms with Gasteiger partial charge in [0.05, 0.1) is 14.2 Å². The Morgan fingerprint density at radius 1 is 1.19 bits per heavy atom. The third kappa shape index (κ3) is 6.02. The molecule has 1 aromatic carbocycles. The van der Waals surface area contributed by atoms with Crippen LogP contribution in [0.1, 0.15) is 30.1 Å². The molecule has 0 unspecified atom stereocenters. The topological polar surface area (TPSA) is 103 Å². The molecule has 0 aromatic heterocycles. The van der Waals surface area contributed by atoms with Gasteiger partial charge in [-0.2, -0.15) is 0 Å². The van der Waals surface area contributed by atoms with E-state index in [0.29, 0.717) is 23.6 Å². The summed E-state index contributed by atoms with van der Waals surface area (Å²) in [6.07, 6.45) is 2.41. The molecule has 2 amide bonds. The minimum absolute atomic E-state index is 0.224. The number of nitrogens with zero attached hydrogens (tertiary/aromatic N) is 1. The van der Waals surface area contributed by atoms with Crippen LogP contribution in [-0.2, 0) is 4.79 Å². The van der Waals surface area contributed by atoms with Crippen LogP contribution < -0.4 is 25.3 Å². The van der Waals surface area contributed by atoms with E-state index in [1.165, 1.54) is 27.1 Å². The molecule has 8 nitrogen and oxygen atoms in total. The zero-order valence-corrected chi connectivity index (χ0v) is 16.2. The van der Waals surface area contributed by atoms with Crippen LogP contribution in [0.5, 0.6) is 17.2 Å². The summed E-state index contributed by atoms with van der Waals surface area (Å²) in [4.78, 5) is 25.8. The minimum Gasteiger partial charge on any atom is -0.493 e. The fraction of sp³-hybridized carbons (Fsp3) is 0.579. The van der Waals surface area contributed by atoms with Crippen LogP contribution in [0.15, 0.2) is 12.1 Å². The third-order valence-corrected chi connectivity index (χ3v) is 4.67. The van der Waals surface area contributed by atoms with Gasteiger partial charge < -0.3 is 30.2 Å². The van der Waals surface area contributed by atoms with Gasteiger partial charge in [-0.1, -0.05) is 6.92 Å². The van der Waals surface area contributed by atoms with Crippen molar-refractivity contribution in [3.8, 4) is 17.2 Å². The Bertz CT molecular complexity index is 632. The third-order valence-electron chi connectivity index (χ3n) is 4.67. The molecule has 1 aliphatic rings. The molecule has 3 N–H and O–H groups in total. The molecule has 8 heteroatoms. The lowest BCUT2D eigenvalue weighted by Gasteiger charge is -2.30. The SMILES string of the molecule is COc1cc(C(=O)NCCN2CCC(C)CC2)cc(OC)c1OCC(N)=O. The molecular weight excluding hydrogens is 350 g/mol. The molecule has 1 aromatic rings. The lowest BCUT2D eigenvalue weighted by atomic mass is 9.99. The number of carbonyl (C=O) groups excluding carboxylic acids is 2. The molecule has 0 radical (unpaired) electrons. The second-order valence-corrected chi connectivity index (χ2v) is 6.74. The van der Waals surface area contributed by atoms with Gasteiger partial charge in [0.15, 0.2) is 18.1 Å². The maximum atomic E-state index is 12.5. The lowest BCUT2D eigenvalue weighted by Crippen LogP contribution is -2.39. The van der Waals surface area contributed by atoms with Gasteiger partial charge in [-0.05, 0) is 44.0 Å². The van der Waals surface area contributed by atoms with E-state index in [-0.39, 0.29) is 18.3 Å².